The maximum Gasteiger partial charge on any atom is 2.00 e. The Labute approximate surface area is 315 Å². The smallest absolute Gasteiger partial charge is 1.00 e. The monoisotopic (exact) mass is 840 g/mol. The van der Waals surface area contributed by atoms with Gasteiger partial charge in [0.25, 0.3) is 5.78 Å². The molecule has 0 aliphatic carbocycles. The van der Waals surface area contributed by atoms with Gasteiger partial charge < -0.3 is 33.6 Å². The van der Waals surface area contributed by atoms with Crippen molar-refractivity contribution in [1.82, 2.24) is 0 Å². The third kappa shape index (κ3) is 11.7. The molecule has 0 heterocycles. The average molecular weight is 844 g/mol. The molecule has 0 aromatic heterocycles. The van der Waals surface area contributed by atoms with E-state index in [1.807, 2.05) is 0 Å². The minimum absolute atomic E-state index is 0. The Bertz CT molecular complexity index is 1570. The molecule has 4 aromatic carbocycles. The molecule has 18 heteroatoms. The Balaban J connectivity index is 0.000000730. The Morgan fingerprint density at radius 3 is 1.35 bits per heavy atom. The van der Waals surface area contributed by atoms with Crippen LogP contribution in [0.2, 0.25) is 30.1 Å². The van der Waals surface area contributed by atoms with E-state index >= 15 is 0 Å². The van der Waals surface area contributed by atoms with E-state index in [0.717, 1.165) is 41.4 Å². The normalized spacial score (nSPS) is 12.1. The van der Waals surface area contributed by atoms with Gasteiger partial charge in [-0.2, -0.15) is 56.7 Å². The predicted molar refractivity (Wildman–Crippen MR) is 169 cm³/mol. The van der Waals surface area contributed by atoms with Crippen LogP contribution in [0.15, 0.2) is 72.8 Å². The van der Waals surface area contributed by atoms with Gasteiger partial charge in [0.1, 0.15) is 0 Å². The number of halogens is 13. The van der Waals surface area contributed by atoms with E-state index in [1.54, 1.807) is 24.3 Å². The summed E-state index contributed by atoms with van der Waals surface area (Å²) in [5, 5.41) is 10.7. The molecule has 0 fully saturated rings. The van der Waals surface area contributed by atoms with Crippen LogP contribution < -0.4 is 28.4 Å². The second kappa shape index (κ2) is 18.4. The van der Waals surface area contributed by atoms with E-state index in [1.165, 1.54) is 12.1 Å². The van der Waals surface area contributed by atoms with Gasteiger partial charge in [0, 0.05) is 16.1 Å². The Kier molecular flexibility index (Phi) is 17.9. The number of benzene rings is 4. The van der Waals surface area contributed by atoms with Crippen LogP contribution in [0.5, 0.6) is 0 Å². The molecule has 0 spiro atoms. The summed E-state index contributed by atoms with van der Waals surface area (Å²) in [7, 11) is 0. The molecule has 0 saturated carbocycles. The summed E-state index contributed by atoms with van der Waals surface area (Å²) in [4.78, 5) is 10.8. The van der Waals surface area contributed by atoms with Crippen molar-refractivity contribution in [2.45, 2.75) is 18.0 Å². The minimum Gasteiger partial charge on any atom is -1.00 e. The van der Waals surface area contributed by atoms with E-state index in [4.69, 9.17) is 81.1 Å². The van der Waals surface area contributed by atoms with Crippen LogP contribution in [0.4, 0.5) is 37.7 Å². The minimum atomic E-state index is -5.01. The van der Waals surface area contributed by atoms with Crippen molar-refractivity contribution in [1.29, 1.82) is 0 Å². The number of alkyl halides is 6. The zero-order valence-corrected chi connectivity index (χ0v) is 30.1. The zero-order chi connectivity index (χ0) is 33.6. The Morgan fingerprint density at radius 2 is 1.02 bits per heavy atom. The van der Waals surface area contributed by atoms with Crippen molar-refractivity contribution >= 4 is 110 Å². The summed E-state index contributed by atoms with van der Waals surface area (Å²) in [6.07, 6.45) is -9.97. The van der Waals surface area contributed by atoms with Crippen LogP contribution in [-0.2, 0) is 5.60 Å². The number of hydrogen-bond acceptors (Lipinski definition) is 4. The van der Waals surface area contributed by atoms with Gasteiger partial charge in [-0.3, -0.25) is 4.79 Å². The van der Waals surface area contributed by atoms with E-state index in [0.29, 0.717) is 0 Å². The fourth-order valence-electron chi connectivity index (χ4n) is 3.22. The van der Waals surface area contributed by atoms with E-state index in [9.17, 15) is 36.2 Å². The zero-order valence-electron chi connectivity index (χ0n) is 22.6. The summed E-state index contributed by atoms with van der Waals surface area (Å²) < 4.78 is 76.7. The van der Waals surface area contributed by atoms with Crippen LogP contribution in [0, 0.1) is 6.07 Å². The molecule has 0 saturated heterocycles. The first kappa shape index (κ1) is 44.7. The molecule has 1 atom stereocenters. The van der Waals surface area contributed by atoms with Crippen LogP contribution in [-0.4, -0.2) is 46.3 Å². The number of ketones is 1. The van der Waals surface area contributed by atoms with Crippen molar-refractivity contribution in [3.8, 4) is 0 Å². The molecule has 4 rings (SSSR count). The number of hydrogen-bond donors (Lipinski definition) is 3. The molecule has 46 heavy (non-hydrogen) atoms. The first-order valence-electron chi connectivity index (χ1n) is 11.5. The third-order valence-electron chi connectivity index (χ3n) is 5.45. The van der Waals surface area contributed by atoms with Crippen molar-refractivity contribution in [2.75, 3.05) is 11.5 Å². The van der Waals surface area contributed by atoms with Crippen LogP contribution >= 0.6 is 69.6 Å². The number of aliphatic hydroxyl groups is 1. The number of anilines is 2. The average Bonchev–Trinajstić information content (AvgIpc) is 2.93. The van der Waals surface area contributed by atoms with Gasteiger partial charge in [-0.1, -0.05) is 75.2 Å². The molecular formula is C28H17BrCl6F6MgN2O2. The molecule has 4 aromatic rings. The third-order valence-corrected chi connectivity index (χ3v) is 7.20. The van der Waals surface area contributed by atoms with Crippen LogP contribution in [0.25, 0.3) is 0 Å². The summed E-state index contributed by atoms with van der Waals surface area (Å²) in [5.74, 6) is -2.01. The molecule has 0 amide bonds. The summed E-state index contributed by atoms with van der Waals surface area (Å²) in [6, 6.07) is 18.2. The molecule has 0 aliphatic rings. The Hall–Kier alpha value is -1.32. The molecular weight excluding hydrogens is 827 g/mol. The number of nitrogen functional groups attached to an aromatic ring is 2. The van der Waals surface area contributed by atoms with E-state index in [-0.39, 0.29) is 76.5 Å². The quantitative estimate of drug-likeness (QED) is 0.0675. The summed E-state index contributed by atoms with van der Waals surface area (Å²) in [6.45, 7) is 0. The number of rotatable bonds is 3. The van der Waals surface area contributed by atoms with Gasteiger partial charge in [0.15, 0.2) is 0 Å². The fraction of sp³-hybridized carbons (Fsp3) is 0.107. The van der Waals surface area contributed by atoms with Crippen molar-refractivity contribution < 1.29 is 53.2 Å². The molecule has 244 valence electrons. The number of carbonyl (C=O) groups excluding carboxylic acids is 1. The predicted octanol–water partition coefficient (Wildman–Crippen LogP) is 7.11. The van der Waals surface area contributed by atoms with Crippen LogP contribution in [0.1, 0.15) is 21.5 Å². The number of Topliss-reactive ketones (excluding diaryl/α,β-unsaturated/α-hetero) is 1. The molecule has 1 unspecified atom stereocenters. The summed E-state index contributed by atoms with van der Waals surface area (Å²) in [5.41, 5.74) is 5.82. The maximum atomic E-state index is 13.5. The topological polar surface area (TPSA) is 89.3 Å². The standard InChI is InChI=1S/C14H9Cl3F3NO.C8H4Cl2F3NO.C6H4Cl.BrH.Mg/c15-9-3-1-7(2-4-9)13(22,14(18,19)20)8-5-10(16)12(21)11(17)6-8;9-4-1-3(2-5(10)6(4)14)7(15)8(11,12)13;7-6-4-2-1-3-5-6;;/h1-6,22H,21H2;1-2H,14H2;2-5H;1H;/q;;-1;;+2/p-1. The van der Waals surface area contributed by atoms with Gasteiger partial charge in [0.2, 0.25) is 5.60 Å². The summed E-state index contributed by atoms with van der Waals surface area (Å²) >= 11 is 33.7. The van der Waals surface area contributed by atoms with Crippen molar-refractivity contribution in [2.24, 2.45) is 0 Å². The van der Waals surface area contributed by atoms with Crippen molar-refractivity contribution in [3.05, 3.63) is 126 Å². The van der Waals surface area contributed by atoms with Gasteiger partial charge in [-0.15, -0.1) is 11.6 Å². The Morgan fingerprint density at radius 1 is 0.652 bits per heavy atom. The largest absolute Gasteiger partial charge is 2.00 e. The van der Waals surface area contributed by atoms with E-state index < -0.39 is 40.4 Å². The SMILES string of the molecule is Clc1cc[c-]cc1.Nc1c(Cl)cc(C(=O)C(F)(F)F)cc1Cl.Nc1c(Cl)cc(C(O)(c2ccc(Cl)cc2)C(F)(F)F)cc1Cl.[Br-].[Mg+2]. The fourth-order valence-corrected chi connectivity index (χ4v) is 4.45. The van der Waals surface area contributed by atoms with Crippen molar-refractivity contribution in [3.63, 3.8) is 0 Å². The number of carbonyl (C=O) groups is 1. The van der Waals surface area contributed by atoms with Crippen LogP contribution in [0.3, 0.4) is 0 Å². The van der Waals surface area contributed by atoms with E-state index in [2.05, 4.69) is 6.07 Å². The van der Waals surface area contributed by atoms with Gasteiger partial charge >= 0.3 is 35.4 Å². The number of nitrogens with two attached hydrogens (primary N) is 2. The molecule has 0 bridgehead atoms. The maximum absolute atomic E-state index is 13.5. The second-order valence-electron chi connectivity index (χ2n) is 8.47. The first-order chi connectivity index (χ1) is 20.2. The molecule has 4 nitrogen and oxygen atoms in total. The van der Waals surface area contributed by atoms with Gasteiger partial charge in [-0.25, -0.2) is 0 Å². The first-order valence-corrected chi connectivity index (χ1v) is 13.7. The molecule has 0 aliphatic heterocycles. The van der Waals surface area contributed by atoms with Gasteiger partial charge in [0.05, 0.1) is 31.5 Å². The molecule has 0 radical (unpaired) electrons. The van der Waals surface area contributed by atoms with Gasteiger partial charge in [-0.05, 0) is 42.0 Å². The second-order valence-corrected chi connectivity index (χ2v) is 11.0. The molecule has 5 N–H and O–H groups in total.